The molecule has 1 aliphatic carbocycles. The molecule has 11 nitrogen and oxygen atoms in total. The van der Waals surface area contributed by atoms with Crippen molar-refractivity contribution in [2.45, 2.75) is 55.5 Å². The number of halogens is 2. The number of likely N-dealkylation sites (tertiary alicyclic amines) is 1. The van der Waals surface area contributed by atoms with E-state index >= 15 is 0 Å². The lowest BCUT2D eigenvalue weighted by Gasteiger charge is -2.45. The van der Waals surface area contributed by atoms with Crippen LogP contribution in [0.3, 0.4) is 0 Å². The van der Waals surface area contributed by atoms with Crippen LogP contribution in [-0.2, 0) is 17.9 Å². The molecule has 0 amide bonds. The lowest BCUT2D eigenvalue weighted by molar-refractivity contribution is -0.0572. The number of β-amino-alcohol motifs (C(OH)–C–C–N with tert-alkyl or cyclic N) is 1. The highest BCUT2D eigenvalue weighted by atomic mass is 35.5. The SMILES string of the molecule is CC1(Cl)C(c2ccccc2)=CC=CC1(COc1cc(OCc2cncc(C#N)c2)c(CNC(CO)CO)cc1Cl)OCCCN1CC[C@H](CO)[C@H](O)C1. The van der Waals surface area contributed by atoms with E-state index in [9.17, 15) is 25.7 Å². The Balaban J connectivity index is 1.38. The van der Waals surface area contributed by atoms with Crippen LogP contribution >= 0.6 is 23.2 Å². The van der Waals surface area contributed by atoms with Crippen LogP contribution in [0.4, 0.5) is 0 Å². The van der Waals surface area contributed by atoms with Gasteiger partial charge in [-0.3, -0.25) is 4.98 Å². The van der Waals surface area contributed by atoms with E-state index in [-0.39, 0.29) is 45.5 Å². The first kappa shape index (κ1) is 40.6. The Kier molecular flexibility index (Phi) is 14.7. The average Bonchev–Trinajstić information content (AvgIpc) is 3.17. The van der Waals surface area contributed by atoms with Gasteiger partial charge in [0, 0.05) is 68.4 Å². The number of aromatic nitrogens is 1. The molecule has 1 aliphatic heterocycles. The fraction of sp³-hybridized carbons (Fsp3) is 0.450. The number of hydrogen-bond acceptors (Lipinski definition) is 11. The van der Waals surface area contributed by atoms with E-state index in [1.165, 1.54) is 6.20 Å². The molecule has 13 heteroatoms. The van der Waals surface area contributed by atoms with Gasteiger partial charge in [-0.25, -0.2) is 0 Å². The third kappa shape index (κ3) is 10.2. The number of aliphatic hydroxyl groups is 4. The minimum absolute atomic E-state index is 0.00370. The molecule has 5 N–H and O–H groups in total. The largest absolute Gasteiger partial charge is 0.488 e. The highest BCUT2D eigenvalue weighted by Crippen LogP contribution is 2.47. The Labute approximate surface area is 321 Å². The summed E-state index contributed by atoms with van der Waals surface area (Å²) >= 11 is 14.4. The Morgan fingerprint density at radius 2 is 1.89 bits per heavy atom. The normalized spacial score (nSPS) is 23.1. The molecule has 4 atom stereocenters. The summed E-state index contributed by atoms with van der Waals surface area (Å²) in [6, 6.07) is 16.5. The fourth-order valence-electron chi connectivity index (χ4n) is 6.61. The molecule has 284 valence electrons. The Morgan fingerprint density at radius 1 is 1.09 bits per heavy atom. The number of piperidine rings is 1. The molecular weight excluding hydrogens is 719 g/mol. The second-order valence-corrected chi connectivity index (χ2v) is 14.8. The molecule has 0 radical (unpaired) electrons. The number of ether oxygens (including phenoxy) is 3. The van der Waals surface area contributed by atoms with Gasteiger partial charge in [0.1, 0.15) is 41.3 Å². The molecule has 53 heavy (non-hydrogen) atoms. The number of alkyl halides is 1. The second-order valence-electron chi connectivity index (χ2n) is 13.6. The van der Waals surface area contributed by atoms with Crippen LogP contribution in [0.25, 0.3) is 5.57 Å². The third-order valence-corrected chi connectivity index (χ3v) is 10.7. The van der Waals surface area contributed by atoms with Crippen molar-refractivity contribution in [2.24, 2.45) is 5.92 Å². The number of rotatable bonds is 18. The molecule has 0 saturated carbocycles. The monoisotopic (exact) mass is 766 g/mol. The van der Waals surface area contributed by atoms with Crippen LogP contribution in [0.1, 0.15) is 42.0 Å². The molecule has 2 unspecified atom stereocenters. The molecule has 3 aromatic rings. The summed E-state index contributed by atoms with van der Waals surface area (Å²) in [6.07, 6.45) is 9.78. The summed E-state index contributed by atoms with van der Waals surface area (Å²) in [5, 5.41) is 51.9. The van der Waals surface area contributed by atoms with Gasteiger partial charge in [-0.15, -0.1) is 11.6 Å². The quantitative estimate of drug-likeness (QED) is 0.0918. The summed E-state index contributed by atoms with van der Waals surface area (Å²) in [5.41, 5.74) is 2.44. The number of aliphatic hydroxyl groups excluding tert-OH is 4. The number of allylic oxidation sites excluding steroid dienone is 2. The summed E-state index contributed by atoms with van der Waals surface area (Å²) in [4.78, 5) is 5.24. The van der Waals surface area contributed by atoms with Gasteiger partial charge in [-0.05, 0) is 55.7 Å². The summed E-state index contributed by atoms with van der Waals surface area (Å²) in [7, 11) is 0. The number of pyridine rings is 1. The molecule has 2 heterocycles. The van der Waals surface area contributed by atoms with Crippen molar-refractivity contribution in [1.82, 2.24) is 15.2 Å². The van der Waals surface area contributed by atoms with Crippen LogP contribution in [0.15, 0.2) is 79.2 Å². The van der Waals surface area contributed by atoms with E-state index in [0.717, 1.165) is 24.1 Å². The molecule has 1 aromatic heterocycles. The maximum atomic E-state index is 10.4. The van der Waals surface area contributed by atoms with Crippen LogP contribution in [0, 0.1) is 17.2 Å². The summed E-state index contributed by atoms with van der Waals surface area (Å²) in [6.45, 7) is 4.07. The van der Waals surface area contributed by atoms with Gasteiger partial charge in [0.2, 0.25) is 0 Å². The number of hydrogen-bond donors (Lipinski definition) is 5. The van der Waals surface area contributed by atoms with Crippen molar-refractivity contribution in [3.8, 4) is 17.6 Å². The molecule has 0 bridgehead atoms. The molecule has 2 aromatic carbocycles. The van der Waals surface area contributed by atoms with Gasteiger partial charge >= 0.3 is 0 Å². The van der Waals surface area contributed by atoms with Gasteiger partial charge in [-0.1, -0.05) is 54.1 Å². The molecule has 5 rings (SSSR count). The van der Waals surface area contributed by atoms with Crippen LogP contribution in [0.5, 0.6) is 11.5 Å². The first-order valence-electron chi connectivity index (χ1n) is 17.8. The van der Waals surface area contributed by atoms with Gasteiger partial charge in [-0.2, -0.15) is 5.26 Å². The highest BCUT2D eigenvalue weighted by molar-refractivity contribution is 6.32. The predicted molar refractivity (Wildman–Crippen MR) is 204 cm³/mol. The second kappa shape index (κ2) is 19.2. The first-order chi connectivity index (χ1) is 25.6. The van der Waals surface area contributed by atoms with Crippen molar-refractivity contribution >= 4 is 28.8 Å². The lowest BCUT2D eigenvalue weighted by Crippen LogP contribution is -2.55. The third-order valence-electron chi connectivity index (χ3n) is 9.93. The number of nitrogens with zero attached hydrogens (tertiary/aromatic N) is 3. The minimum atomic E-state index is -1.14. The molecule has 1 fully saturated rings. The van der Waals surface area contributed by atoms with E-state index in [4.69, 9.17) is 37.4 Å². The van der Waals surface area contributed by atoms with E-state index in [1.54, 1.807) is 24.4 Å². The Morgan fingerprint density at radius 3 is 2.60 bits per heavy atom. The topological polar surface area (TPSA) is 161 Å². The standard InChI is InChI=1S/C40H48Cl2N4O7/c1-39(42)34(30-7-3-2-4-8-30)9-5-11-40(39,53-14-6-12-46-13-10-31(23-47)36(50)22-46)27-52-38-17-37(51-26-29-15-28(18-43)19-44-20-29)32(16-35(38)41)21-45-33(24-48)25-49/h2-5,7-9,11,15-17,19-20,31,33,36,45,47-50H,6,10,12-14,21-27H2,1H3/t31-,36-,39?,40?/m1/s1. The predicted octanol–water partition coefficient (Wildman–Crippen LogP) is 4.48. The van der Waals surface area contributed by atoms with Crippen molar-refractivity contribution in [2.75, 3.05) is 52.7 Å². The summed E-state index contributed by atoms with van der Waals surface area (Å²) in [5.74, 6) is 0.674. The van der Waals surface area contributed by atoms with Crippen molar-refractivity contribution < 1.29 is 34.6 Å². The molecular formula is C40H48Cl2N4O7. The van der Waals surface area contributed by atoms with Crippen LogP contribution < -0.4 is 14.8 Å². The van der Waals surface area contributed by atoms with Crippen LogP contribution in [-0.4, -0.2) is 106 Å². The smallest absolute Gasteiger partial charge is 0.143 e. The minimum Gasteiger partial charge on any atom is -0.488 e. The fourth-order valence-corrected chi connectivity index (χ4v) is 7.20. The van der Waals surface area contributed by atoms with Gasteiger partial charge in [0.05, 0.1) is 35.9 Å². The number of nitrogens with one attached hydrogen (secondary N) is 1. The van der Waals surface area contributed by atoms with E-state index in [2.05, 4.69) is 21.3 Å². The van der Waals surface area contributed by atoms with Crippen molar-refractivity contribution in [3.63, 3.8) is 0 Å². The van der Waals surface area contributed by atoms with Gasteiger partial charge in [0.25, 0.3) is 0 Å². The summed E-state index contributed by atoms with van der Waals surface area (Å²) < 4.78 is 19.5. The van der Waals surface area contributed by atoms with Crippen molar-refractivity contribution in [3.05, 3.63) is 106 Å². The molecule has 2 aliphatic rings. The number of benzene rings is 2. The lowest BCUT2D eigenvalue weighted by atomic mass is 9.76. The van der Waals surface area contributed by atoms with E-state index < -0.39 is 22.6 Å². The number of nitriles is 1. The Hall–Kier alpha value is -3.54. The zero-order valence-electron chi connectivity index (χ0n) is 29.8. The molecule has 1 saturated heterocycles. The maximum absolute atomic E-state index is 10.4. The van der Waals surface area contributed by atoms with E-state index in [0.29, 0.717) is 59.3 Å². The maximum Gasteiger partial charge on any atom is 0.143 e. The Bertz CT molecular complexity index is 1750. The van der Waals surface area contributed by atoms with E-state index in [1.807, 2.05) is 55.5 Å². The zero-order chi connectivity index (χ0) is 37.8. The van der Waals surface area contributed by atoms with Gasteiger partial charge in [0.15, 0.2) is 0 Å². The highest BCUT2D eigenvalue weighted by Gasteiger charge is 2.51. The van der Waals surface area contributed by atoms with Crippen LogP contribution in [0.2, 0.25) is 5.02 Å². The zero-order valence-corrected chi connectivity index (χ0v) is 31.3. The average molecular weight is 768 g/mol. The first-order valence-corrected chi connectivity index (χ1v) is 18.5. The van der Waals surface area contributed by atoms with Crippen molar-refractivity contribution in [1.29, 1.82) is 5.26 Å². The molecule has 0 spiro atoms. The van der Waals surface area contributed by atoms with Gasteiger partial charge < -0.3 is 44.9 Å².